The van der Waals surface area contributed by atoms with Crippen LogP contribution in [0.3, 0.4) is 0 Å². The maximum Gasteiger partial charge on any atom is 0.407 e. The molecule has 3 saturated carbocycles. The van der Waals surface area contributed by atoms with Gasteiger partial charge in [0, 0.05) is 42.3 Å². The van der Waals surface area contributed by atoms with E-state index in [0.717, 1.165) is 84.8 Å². The molecule has 7 aromatic rings. The predicted octanol–water partition coefficient (Wildman–Crippen LogP) is 8.50. The Labute approximate surface area is 393 Å². The molecule has 5 aromatic carbocycles. The Morgan fingerprint density at radius 2 is 1.41 bits per heavy atom. The Kier molecular flexibility index (Phi) is 9.61. The first-order valence-electron chi connectivity index (χ1n) is 23.9. The summed E-state index contributed by atoms with van der Waals surface area (Å²) in [5, 5.41) is 10.0. The Morgan fingerprint density at radius 1 is 0.794 bits per heavy atom. The normalized spacial score (nSPS) is 25.7. The first-order valence-corrected chi connectivity index (χ1v) is 23.9. The maximum atomic E-state index is 14.6. The van der Waals surface area contributed by atoms with Crippen LogP contribution in [0.2, 0.25) is 0 Å². The summed E-state index contributed by atoms with van der Waals surface area (Å²) in [5.41, 5.74) is 5.97. The van der Waals surface area contributed by atoms with Gasteiger partial charge in [-0.1, -0.05) is 94.4 Å². The van der Waals surface area contributed by atoms with E-state index in [0.29, 0.717) is 31.4 Å². The standard InChI is InChI=1S/C54H56N8O6/c1-53(2,3)45(60-52(66)68-6)51(65)62-44(39-40-46(62)54(39,40)4)48-56-37-21-17-33-24-31(15-19-35(33)43(37)58-48)30-14-18-34-32(23-30)16-20-36-42(34)57-47(55-36)38-22-27(26-67-5)25-61(38)50(64)41(28-10-8-7-9-11-28)59-49(63)29-12-13-29/h7-11,14-21,23-24,27,29,38-41,44-46H,12-13,22,25-26H2,1-6H3,(H,55,57)(H,56,58)(H,59,63)(H,60,66)/t27-,38-,39?,40+,41+,44-,45+,46-,54+/m0/s1. The summed E-state index contributed by atoms with van der Waals surface area (Å²) in [7, 11) is 3.00. The zero-order valence-electron chi connectivity index (χ0n) is 39.1. The first kappa shape index (κ1) is 42.5. The fourth-order valence-corrected chi connectivity index (χ4v) is 12.1. The molecule has 6 aliphatic rings. The topological polar surface area (TPSA) is 175 Å². The number of nitrogens with one attached hydrogen (secondary N) is 4. The fraction of sp³-hybridized carbons (Fsp3) is 0.407. The van der Waals surface area contributed by atoms with Crippen molar-refractivity contribution in [3.8, 4) is 11.1 Å². The Bertz CT molecular complexity index is 3230. The molecule has 3 aliphatic heterocycles. The molecule has 3 saturated heterocycles. The number of alkyl carbamates (subject to hydrolysis) is 1. The highest BCUT2D eigenvalue weighted by molar-refractivity contribution is 6.08. The van der Waals surface area contributed by atoms with Gasteiger partial charge in [0.15, 0.2) is 0 Å². The van der Waals surface area contributed by atoms with Gasteiger partial charge >= 0.3 is 6.09 Å². The molecule has 3 aliphatic carbocycles. The van der Waals surface area contributed by atoms with E-state index in [1.165, 1.54) is 7.11 Å². The quantitative estimate of drug-likeness (QED) is 0.1000. The van der Waals surface area contributed by atoms with Crippen LogP contribution in [-0.4, -0.2) is 93.0 Å². The van der Waals surface area contributed by atoms with Crippen LogP contribution in [-0.2, 0) is 23.9 Å². The van der Waals surface area contributed by atoms with Crippen molar-refractivity contribution in [2.45, 2.75) is 77.2 Å². The van der Waals surface area contributed by atoms with Crippen molar-refractivity contribution in [3.05, 3.63) is 108 Å². The third-order valence-electron chi connectivity index (χ3n) is 15.9. The summed E-state index contributed by atoms with van der Waals surface area (Å²) in [6.45, 7) is 9.15. The third kappa shape index (κ3) is 6.68. The number of carbonyl (C=O) groups is 4. The van der Waals surface area contributed by atoms with Gasteiger partial charge in [-0.15, -0.1) is 0 Å². The molecule has 14 nitrogen and oxygen atoms in total. The van der Waals surface area contributed by atoms with Gasteiger partial charge in [-0.2, -0.15) is 0 Å². The van der Waals surface area contributed by atoms with Crippen molar-refractivity contribution < 1.29 is 28.7 Å². The first-order chi connectivity index (χ1) is 32.8. The largest absolute Gasteiger partial charge is 0.453 e. The molecular weight excluding hydrogens is 857 g/mol. The highest BCUT2D eigenvalue weighted by Crippen LogP contribution is 2.90. The number of ether oxygens (including phenoxy) is 2. The fourth-order valence-electron chi connectivity index (χ4n) is 12.1. The van der Waals surface area contributed by atoms with Crippen molar-refractivity contribution >= 4 is 67.4 Å². The van der Waals surface area contributed by atoms with Crippen molar-refractivity contribution in [3.63, 3.8) is 0 Å². The number of methoxy groups -OCH3 is 2. The summed E-state index contributed by atoms with van der Waals surface area (Å²) in [5.74, 6) is 2.04. The predicted molar refractivity (Wildman–Crippen MR) is 258 cm³/mol. The number of aromatic amines is 2. The van der Waals surface area contributed by atoms with Crippen LogP contribution in [0.5, 0.6) is 0 Å². The molecule has 14 heteroatoms. The zero-order chi connectivity index (χ0) is 47.0. The minimum absolute atomic E-state index is 0.0332. The summed E-state index contributed by atoms with van der Waals surface area (Å²) >= 11 is 0. The molecule has 2 aromatic heterocycles. The molecule has 1 unspecified atom stereocenters. The van der Waals surface area contributed by atoms with Gasteiger partial charge in [0.25, 0.3) is 0 Å². The lowest BCUT2D eigenvalue weighted by molar-refractivity contribution is -0.138. The van der Waals surface area contributed by atoms with E-state index in [1.807, 2.05) is 60.9 Å². The van der Waals surface area contributed by atoms with Gasteiger partial charge in [-0.3, -0.25) is 14.4 Å². The number of aromatic nitrogens is 4. The monoisotopic (exact) mass is 912 g/mol. The minimum Gasteiger partial charge on any atom is -0.453 e. The average molecular weight is 913 g/mol. The van der Waals surface area contributed by atoms with Crippen LogP contribution < -0.4 is 10.6 Å². The number of carbonyl (C=O) groups excluding carboxylic acids is 4. The second-order valence-electron chi connectivity index (χ2n) is 21.2. The van der Waals surface area contributed by atoms with Crippen LogP contribution >= 0.6 is 0 Å². The SMILES string of the molecule is COC[C@H]1C[C@@H](c2nc3c(ccc4cc(-c5ccc6c(ccc7[nH]c([C@@H]8C9[C@@H]%10[C@H](N8C(=O)[C@@H](NC(=O)OC)C(C)(C)C)[C@]9%10C)nc76)c5)ccc43)[nH]2)N(C(=O)[C@H](NC(=O)C2CC2)c2ccccc2)C1. The number of piperidine rings is 1. The number of fused-ring (bicyclic) bond motifs is 7. The molecule has 0 radical (unpaired) electrons. The lowest BCUT2D eigenvalue weighted by atomic mass is 9.85. The van der Waals surface area contributed by atoms with E-state index in [4.69, 9.17) is 19.4 Å². The van der Waals surface area contributed by atoms with Crippen molar-refractivity contribution in [1.82, 2.24) is 40.4 Å². The average Bonchev–Trinajstić information content (AvgIpc) is 4.11. The van der Waals surface area contributed by atoms with Gasteiger partial charge in [0.1, 0.15) is 23.7 Å². The van der Waals surface area contributed by atoms with E-state index in [9.17, 15) is 19.2 Å². The summed E-state index contributed by atoms with van der Waals surface area (Å²) in [4.78, 5) is 76.0. The van der Waals surface area contributed by atoms with Crippen molar-refractivity contribution in [2.75, 3.05) is 27.4 Å². The summed E-state index contributed by atoms with van der Waals surface area (Å²) in [6.07, 6.45) is 1.76. The third-order valence-corrected chi connectivity index (χ3v) is 15.9. The Morgan fingerprint density at radius 3 is 2.00 bits per heavy atom. The van der Waals surface area contributed by atoms with E-state index >= 15 is 0 Å². The van der Waals surface area contributed by atoms with Gasteiger partial charge < -0.3 is 39.9 Å². The number of amides is 4. The zero-order valence-corrected chi connectivity index (χ0v) is 39.1. The lowest BCUT2D eigenvalue weighted by Crippen LogP contribution is -2.55. The lowest BCUT2D eigenvalue weighted by Gasteiger charge is -2.35. The summed E-state index contributed by atoms with van der Waals surface area (Å²) < 4.78 is 10.5. The molecule has 4 N–H and O–H groups in total. The van der Waals surface area contributed by atoms with Crippen molar-refractivity contribution in [2.24, 2.45) is 34.5 Å². The number of rotatable bonds is 11. The highest BCUT2D eigenvalue weighted by Gasteiger charge is 2.94. The van der Waals surface area contributed by atoms with Gasteiger partial charge in [0.05, 0.1) is 47.9 Å². The molecule has 5 heterocycles. The van der Waals surface area contributed by atoms with Crippen LogP contribution in [0, 0.1) is 34.5 Å². The van der Waals surface area contributed by atoms with Crippen LogP contribution in [0.15, 0.2) is 91.0 Å². The van der Waals surface area contributed by atoms with Gasteiger partial charge in [-0.05, 0) is 93.7 Å². The number of H-pyrrole nitrogens is 2. The number of likely N-dealkylation sites (tertiary alicyclic amines) is 1. The van der Waals surface area contributed by atoms with Gasteiger partial charge in [0.2, 0.25) is 17.7 Å². The molecule has 68 heavy (non-hydrogen) atoms. The maximum absolute atomic E-state index is 14.6. The molecular formula is C54H56N8O6. The second-order valence-corrected chi connectivity index (χ2v) is 21.2. The number of imidazole rings is 2. The van der Waals surface area contributed by atoms with Crippen LogP contribution in [0.1, 0.15) is 82.3 Å². The van der Waals surface area contributed by atoms with Gasteiger partial charge in [-0.25, -0.2) is 14.8 Å². The number of benzene rings is 5. The molecule has 9 atom stereocenters. The van der Waals surface area contributed by atoms with E-state index in [1.54, 1.807) is 7.11 Å². The van der Waals surface area contributed by atoms with E-state index in [2.05, 4.69) is 88.2 Å². The number of nitrogens with zero attached hydrogens (tertiary/aromatic N) is 4. The number of hydrogen-bond donors (Lipinski definition) is 4. The van der Waals surface area contributed by atoms with Crippen molar-refractivity contribution in [1.29, 1.82) is 0 Å². The van der Waals surface area contributed by atoms with E-state index < -0.39 is 23.6 Å². The summed E-state index contributed by atoms with van der Waals surface area (Å²) in [6, 6.07) is 28.9. The number of hydrogen-bond acceptors (Lipinski definition) is 8. The Hall–Kier alpha value is -6.80. The molecule has 6 fully saturated rings. The Balaban J connectivity index is 0.828. The second kappa shape index (κ2) is 15.4. The molecule has 13 rings (SSSR count). The molecule has 2 bridgehead atoms. The van der Waals surface area contributed by atoms with Crippen LogP contribution in [0.25, 0.3) is 54.7 Å². The smallest absolute Gasteiger partial charge is 0.407 e. The minimum atomic E-state index is -0.796. The molecule has 4 amide bonds. The molecule has 348 valence electrons. The highest BCUT2D eigenvalue weighted by atomic mass is 16.5. The molecule has 0 spiro atoms. The van der Waals surface area contributed by atoms with Crippen LogP contribution in [0.4, 0.5) is 4.79 Å². The van der Waals surface area contributed by atoms with E-state index in [-0.39, 0.29) is 53.1 Å².